The molecule has 5 rings (SSSR count). The van der Waals surface area contributed by atoms with E-state index < -0.39 is 17.8 Å². The quantitative estimate of drug-likeness (QED) is 0.384. The van der Waals surface area contributed by atoms with E-state index in [0.717, 1.165) is 24.1 Å². The Balaban J connectivity index is 1.34. The van der Waals surface area contributed by atoms with Gasteiger partial charge in [0.15, 0.2) is 11.5 Å². The van der Waals surface area contributed by atoms with Gasteiger partial charge in [-0.15, -0.1) is 0 Å². The van der Waals surface area contributed by atoms with Gasteiger partial charge in [0.1, 0.15) is 12.3 Å². The number of halogens is 3. The van der Waals surface area contributed by atoms with Crippen molar-refractivity contribution in [3.8, 4) is 11.5 Å². The third-order valence-corrected chi connectivity index (χ3v) is 6.59. The van der Waals surface area contributed by atoms with E-state index in [1.807, 2.05) is 6.07 Å². The van der Waals surface area contributed by atoms with Gasteiger partial charge in [-0.25, -0.2) is 4.79 Å². The number of carbonyl (C=O) groups excluding carboxylic acids is 2. The van der Waals surface area contributed by atoms with Gasteiger partial charge in [0.25, 0.3) is 0 Å². The summed E-state index contributed by atoms with van der Waals surface area (Å²) < 4.78 is 61.5. The average Bonchev–Trinajstić information content (AvgIpc) is 3.71. The van der Waals surface area contributed by atoms with Crippen molar-refractivity contribution in [3.63, 3.8) is 0 Å². The predicted octanol–water partition coefficient (Wildman–Crippen LogP) is 5.27. The highest BCUT2D eigenvalue weighted by Crippen LogP contribution is 2.33. The molecule has 212 valence electrons. The van der Waals surface area contributed by atoms with Crippen LogP contribution in [0.4, 0.5) is 23.7 Å². The molecule has 12 heteroatoms. The van der Waals surface area contributed by atoms with Gasteiger partial charge in [-0.2, -0.15) is 13.2 Å². The molecule has 1 unspecified atom stereocenters. The standard InChI is InChI=1S/C28H28F3N3O6/c29-28(30,31)20-4-1-5-21(13-20)32-27(36)34(16-23-7-3-11-38-23)17-26(35)33(15-22-6-2-10-37-22)14-19-8-9-24-25(12-19)40-18-39-24/h1-2,4-6,8-10,12-13,23H,3,7,11,14-18H2,(H,32,36). The van der Waals surface area contributed by atoms with E-state index >= 15 is 0 Å². The van der Waals surface area contributed by atoms with Gasteiger partial charge in [0, 0.05) is 25.4 Å². The summed E-state index contributed by atoms with van der Waals surface area (Å²) in [6.07, 6.45) is -1.82. The first-order valence-electron chi connectivity index (χ1n) is 12.8. The maximum atomic E-state index is 13.7. The second-order valence-corrected chi connectivity index (χ2v) is 9.54. The molecule has 9 nitrogen and oxygen atoms in total. The van der Waals surface area contributed by atoms with Crippen molar-refractivity contribution in [3.05, 3.63) is 77.7 Å². The number of amides is 3. The highest BCUT2D eigenvalue weighted by Gasteiger charge is 2.31. The second kappa shape index (κ2) is 11.9. The fourth-order valence-corrected chi connectivity index (χ4v) is 4.58. The number of urea groups is 1. The van der Waals surface area contributed by atoms with Crippen molar-refractivity contribution in [2.45, 2.75) is 38.2 Å². The number of furan rings is 1. The highest BCUT2D eigenvalue weighted by atomic mass is 19.4. The van der Waals surface area contributed by atoms with Crippen molar-refractivity contribution in [2.24, 2.45) is 0 Å². The van der Waals surface area contributed by atoms with Crippen molar-refractivity contribution < 1.29 is 41.4 Å². The molecule has 1 aromatic heterocycles. The van der Waals surface area contributed by atoms with E-state index in [2.05, 4.69) is 5.32 Å². The summed E-state index contributed by atoms with van der Waals surface area (Å²) in [5, 5.41) is 2.51. The van der Waals surface area contributed by atoms with Crippen LogP contribution in [0.1, 0.15) is 29.7 Å². The molecule has 40 heavy (non-hydrogen) atoms. The highest BCUT2D eigenvalue weighted by molar-refractivity contribution is 5.92. The smallest absolute Gasteiger partial charge is 0.416 e. The molecule has 3 aromatic rings. The Morgan fingerprint density at radius 1 is 0.975 bits per heavy atom. The van der Waals surface area contributed by atoms with E-state index in [0.29, 0.717) is 30.3 Å². The van der Waals surface area contributed by atoms with E-state index in [4.69, 9.17) is 18.6 Å². The van der Waals surface area contributed by atoms with Crippen LogP contribution >= 0.6 is 0 Å². The Morgan fingerprint density at radius 3 is 2.58 bits per heavy atom. The molecule has 2 aromatic carbocycles. The van der Waals surface area contributed by atoms with E-state index in [9.17, 15) is 22.8 Å². The van der Waals surface area contributed by atoms with E-state index in [-0.39, 0.29) is 50.7 Å². The molecule has 2 aliphatic rings. The van der Waals surface area contributed by atoms with Crippen LogP contribution in [0.15, 0.2) is 65.3 Å². The Labute approximate surface area is 228 Å². The fourth-order valence-electron chi connectivity index (χ4n) is 4.58. The molecular weight excluding hydrogens is 531 g/mol. The third kappa shape index (κ3) is 6.87. The Morgan fingerprint density at radius 2 is 1.82 bits per heavy atom. The average molecular weight is 560 g/mol. The molecule has 1 saturated heterocycles. The number of hydrogen-bond acceptors (Lipinski definition) is 6. The number of ether oxygens (including phenoxy) is 3. The van der Waals surface area contributed by atoms with Crippen molar-refractivity contribution in [1.29, 1.82) is 0 Å². The fraction of sp³-hybridized carbons (Fsp3) is 0.357. The molecule has 3 amide bonds. The molecule has 0 aliphatic carbocycles. The molecule has 0 bridgehead atoms. The van der Waals surface area contributed by atoms with Crippen LogP contribution < -0.4 is 14.8 Å². The largest absolute Gasteiger partial charge is 0.467 e. The van der Waals surface area contributed by atoms with Gasteiger partial charge in [-0.1, -0.05) is 12.1 Å². The minimum Gasteiger partial charge on any atom is -0.467 e. The molecule has 1 atom stereocenters. The number of anilines is 1. The summed E-state index contributed by atoms with van der Waals surface area (Å²) in [5.41, 5.74) is -0.138. The molecule has 2 aliphatic heterocycles. The zero-order valence-corrected chi connectivity index (χ0v) is 21.5. The SMILES string of the molecule is O=C(CN(CC1CCCO1)C(=O)Nc1cccc(C(F)(F)F)c1)N(Cc1ccc2c(c1)OCO2)Cc1ccco1. The summed E-state index contributed by atoms with van der Waals surface area (Å²) in [6, 6.07) is 12.5. The van der Waals surface area contributed by atoms with Crippen LogP contribution in [0.5, 0.6) is 11.5 Å². The first-order valence-corrected chi connectivity index (χ1v) is 12.8. The van der Waals surface area contributed by atoms with Crippen LogP contribution in [0.25, 0.3) is 0 Å². The van der Waals surface area contributed by atoms with Crippen molar-refractivity contribution >= 4 is 17.6 Å². The first-order chi connectivity index (χ1) is 19.2. The maximum absolute atomic E-state index is 13.7. The molecule has 1 fully saturated rings. The van der Waals surface area contributed by atoms with Crippen LogP contribution in [-0.4, -0.2) is 54.3 Å². The Bertz CT molecular complexity index is 1330. The molecule has 1 N–H and O–H groups in total. The van der Waals surface area contributed by atoms with Gasteiger partial charge in [0.2, 0.25) is 12.7 Å². The molecule has 3 heterocycles. The number of carbonyl (C=O) groups is 2. The number of rotatable bonds is 9. The summed E-state index contributed by atoms with van der Waals surface area (Å²) in [7, 11) is 0. The van der Waals surface area contributed by atoms with Crippen LogP contribution in [0.2, 0.25) is 0 Å². The maximum Gasteiger partial charge on any atom is 0.416 e. The number of fused-ring (bicyclic) bond motifs is 1. The van der Waals surface area contributed by atoms with Gasteiger partial charge in [-0.05, 0) is 60.9 Å². The molecule has 0 radical (unpaired) electrons. The topological polar surface area (TPSA) is 93.5 Å². The van der Waals surface area contributed by atoms with Crippen molar-refractivity contribution in [1.82, 2.24) is 9.80 Å². The van der Waals surface area contributed by atoms with Crippen LogP contribution in [-0.2, 0) is 28.8 Å². The number of nitrogens with one attached hydrogen (secondary N) is 1. The molecule has 0 saturated carbocycles. The summed E-state index contributed by atoms with van der Waals surface area (Å²) >= 11 is 0. The number of benzene rings is 2. The lowest BCUT2D eigenvalue weighted by Gasteiger charge is -2.29. The number of alkyl halides is 3. The zero-order valence-electron chi connectivity index (χ0n) is 21.5. The second-order valence-electron chi connectivity index (χ2n) is 9.54. The summed E-state index contributed by atoms with van der Waals surface area (Å²) in [4.78, 5) is 29.7. The lowest BCUT2D eigenvalue weighted by Crippen LogP contribution is -2.46. The van der Waals surface area contributed by atoms with Gasteiger partial charge >= 0.3 is 12.2 Å². The predicted molar refractivity (Wildman–Crippen MR) is 137 cm³/mol. The summed E-state index contributed by atoms with van der Waals surface area (Å²) in [6.45, 7) is 0.775. The van der Waals surface area contributed by atoms with Gasteiger partial charge in [-0.3, -0.25) is 4.79 Å². The zero-order chi connectivity index (χ0) is 28.1. The Hall–Kier alpha value is -4.19. The van der Waals surface area contributed by atoms with Crippen LogP contribution in [0.3, 0.4) is 0 Å². The molecule has 0 spiro atoms. The number of hydrogen-bond donors (Lipinski definition) is 1. The normalized spacial score (nSPS) is 16.1. The first kappa shape index (κ1) is 27.4. The minimum absolute atomic E-state index is 0.0302. The van der Waals surface area contributed by atoms with E-state index in [1.165, 1.54) is 28.2 Å². The monoisotopic (exact) mass is 559 g/mol. The van der Waals surface area contributed by atoms with Crippen LogP contribution in [0, 0.1) is 0 Å². The minimum atomic E-state index is -4.56. The third-order valence-electron chi connectivity index (χ3n) is 6.59. The van der Waals surface area contributed by atoms with E-state index in [1.54, 1.807) is 24.3 Å². The lowest BCUT2D eigenvalue weighted by molar-refractivity contribution is -0.137. The van der Waals surface area contributed by atoms with Gasteiger partial charge in [0.05, 0.1) is 24.5 Å². The van der Waals surface area contributed by atoms with Crippen molar-refractivity contribution in [2.75, 3.05) is 31.8 Å². The Kier molecular flexibility index (Phi) is 8.15. The molecular formula is C28H28F3N3O6. The van der Waals surface area contributed by atoms with Gasteiger partial charge < -0.3 is 33.7 Å². The number of nitrogens with zero attached hydrogens (tertiary/aromatic N) is 2. The summed E-state index contributed by atoms with van der Waals surface area (Å²) in [5.74, 6) is 1.35. The lowest BCUT2D eigenvalue weighted by atomic mass is 10.1.